The van der Waals surface area contributed by atoms with Crippen molar-refractivity contribution in [2.75, 3.05) is 31.2 Å². The third kappa shape index (κ3) is 3.45. The average molecular weight is 388 g/mol. The van der Waals surface area contributed by atoms with Gasteiger partial charge in [0.25, 0.3) is 0 Å². The molecule has 3 aliphatic rings. The minimum absolute atomic E-state index is 0.0550. The van der Waals surface area contributed by atoms with Crippen molar-refractivity contribution < 1.29 is 19.1 Å². The molecule has 8 heteroatoms. The highest BCUT2D eigenvalue weighted by Crippen LogP contribution is 2.36. The van der Waals surface area contributed by atoms with Gasteiger partial charge in [-0.1, -0.05) is 20.8 Å². The molecule has 3 fully saturated rings. The van der Waals surface area contributed by atoms with Crippen LogP contribution in [-0.2, 0) is 14.3 Å². The van der Waals surface area contributed by atoms with Crippen LogP contribution in [0.4, 0.5) is 10.6 Å². The summed E-state index contributed by atoms with van der Waals surface area (Å²) >= 11 is 0. The Morgan fingerprint density at radius 3 is 2.61 bits per heavy atom. The van der Waals surface area contributed by atoms with Crippen molar-refractivity contribution in [1.82, 2.24) is 14.9 Å². The molecule has 4 heterocycles. The number of likely N-dealkylation sites (tertiary alicyclic amines) is 1. The molecule has 0 N–H and O–H groups in total. The Balaban J connectivity index is 1.50. The van der Waals surface area contributed by atoms with E-state index in [1.807, 2.05) is 25.7 Å². The van der Waals surface area contributed by atoms with Gasteiger partial charge >= 0.3 is 6.09 Å². The number of hydrogen-bond donors (Lipinski definition) is 0. The summed E-state index contributed by atoms with van der Waals surface area (Å²) in [6.45, 7) is 8.23. The van der Waals surface area contributed by atoms with Crippen LogP contribution in [0.2, 0.25) is 0 Å². The van der Waals surface area contributed by atoms with Crippen molar-refractivity contribution in [1.29, 1.82) is 0 Å². The second-order valence-electron chi connectivity index (χ2n) is 8.96. The van der Waals surface area contributed by atoms with Crippen LogP contribution in [0.15, 0.2) is 12.4 Å². The molecule has 1 aromatic rings. The molecule has 0 aromatic carbocycles. The Morgan fingerprint density at radius 1 is 1.21 bits per heavy atom. The Morgan fingerprint density at radius 2 is 1.96 bits per heavy atom. The van der Waals surface area contributed by atoms with Crippen molar-refractivity contribution in [3.63, 3.8) is 0 Å². The molecule has 8 nitrogen and oxygen atoms in total. The van der Waals surface area contributed by atoms with E-state index in [9.17, 15) is 9.59 Å². The average Bonchev–Trinajstić information content (AvgIpc) is 3.26. The molecule has 0 unspecified atom stereocenters. The Labute approximate surface area is 165 Å². The summed E-state index contributed by atoms with van der Waals surface area (Å²) in [6, 6.07) is -0.0550. The summed E-state index contributed by atoms with van der Waals surface area (Å²) < 4.78 is 11.0. The molecule has 3 aliphatic heterocycles. The second kappa shape index (κ2) is 6.99. The van der Waals surface area contributed by atoms with Gasteiger partial charge in [-0.15, -0.1) is 0 Å². The molecule has 2 amide bonds. The molecular formula is C20H28N4O4. The molecule has 0 saturated carbocycles. The Bertz CT molecular complexity index is 752. The molecule has 1 spiro atoms. The van der Waals surface area contributed by atoms with E-state index in [0.29, 0.717) is 38.4 Å². The molecule has 152 valence electrons. The largest absolute Gasteiger partial charge is 0.440 e. The van der Waals surface area contributed by atoms with E-state index in [1.165, 1.54) is 0 Å². The van der Waals surface area contributed by atoms with Gasteiger partial charge in [-0.2, -0.15) is 0 Å². The van der Waals surface area contributed by atoms with E-state index in [4.69, 9.17) is 9.47 Å². The highest BCUT2D eigenvalue weighted by atomic mass is 16.6. The Hall–Kier alpha value is -2.22. The van der Waals surface area contributed by atoms with E-state index in [0.717, 1.165) is 25.1 Å². The van der Waals surface area contributed by atoms with Crippen LogP contribution in [-0.4, -0.2) is 58.8 Å². The first-order valence-electron chi connectivity index (χ1n) is 10.0. The molecule has 4 rings (SSSR count). The number of carbonyl (C=O) groups is 2. The zero-order valence-electron chi connectivity index (χ0n) is 16.8. The predicted molar refractivity (Wildman–Crippen MR) is 102 cm³/mol. The topological polar surface area (TPSA) is 84.9 Å². The van der Waals surface area contributed by atoms with Gasteiger partial charge in [0, 0.05) is 24.8 Å². The quantitative estimate of drug-likeness (QED) is 0.774. The van der Waals surface area contributed by atoms with Gasteiger partial charge in [0.05, 0.1) is 43.9 Å². The molecule has 0 radical (unpaired) electrons. The lowest BCUT2D eigenvalue weighted by Crippen LogP contribution is -2.40. The van der Waals surface area contributed by atoms with Crippen LogP contribution in [0.1, 0.15) is 58.2 Å². The maximum atomic E-state index is 12.7. The summed E-state index contributed by atoms with van der Waals surface area (Å²) in [5.41, 5.74) is -0.128. The van der Waals surface area contributed by atoms with Crippen LogP contribution in [0.25, 0.3) is 0 Å². The molecule has 0 aliphatic carbocycles. The van der Waals surface area contributed by atoms with Gasteiger partial charge in [-0.25, -0.2) is 9.78 Å². The molecule has 0 bridgehead atoms. The van der Waals surface area contributed by atoms with Crippen molar-refractivity contribution in [2.45, 2.75) is 58.1 Å². The van der Waals surface area contributed by atoms with Crippen molar-refractivity contribution in [3.05, 3.63) is 18.1 Å². The highest BCUT2D eigenvalue weighted by Gasteiger charge is 2.47. The number of rotatable bonds is 2. The molecular weight excluding hydrogens is 360 g/mol. The minimum atomic E-state index is -0.475. The number of anilines is 1. The zero-order chi connectivity index (χ0) is 19.9. The number of ether oxygens (including phenoxy) is 2. The maximum absolute atomic E-state index is 12.7. The number of carbonyl (C=O) groups excluding carboxylic acids is 2. The van der Waals surface area contributed by atoms with E-state index in [2.05, 4.69) is 9.97 Å². The standard InChI is InChI=1S/C20H28N4O4/c1-19(2,3)17(25)23-8-4-5-15(23)14-11-22-16(12-21-14)24-13-20(28-18(24)26)6-9-27-10-7-20/h11-12,15H,4-10,13H2,1-3H3/t15-/m1/s1. The number of amides is 2. The van der Waals surface area contributed by atoms with Gasteiger partial charge in [0.2, 0.25) is 5.91 Å². The normalized spacial score (nSPS) is 24.7. The lowest BCUT2D eigenvalue weighted by atomic mass is 9.94. The van der Waals surface area contributed by atoms with Gasteiger partial charge in [-0.3, -0.25) is 14.7 Å². The highest BCUT2D eigenvalue weighted by molar-refractivity contribution is 5.89. The fourth-order valence-corrected chi connectivity index (χ4v) is 4.19. The van der Waals surface area contributed by atoms with Gasteiger partial charge in [-0.05, 0) is 12.8 Å². The van der Waals surface area contributed by atoms with Crippen molar-refractivity contribution in [3.8, 4) is 0 Å². The smallest absolute Gasteiger partial charge is 0.416 e. The van der Waals surface area contributed by atoms with Gasteiger partial charge in [0.15, 0.2) is 5.82 Å². The summed E-state index contributed by atoms with van der Waals surface area (Å²) in [4.78, 5) is 37.6. The van der Waals surface area contributed by atoms with E-state index < -0.39 is 11.0 Å². The van der Waals surface area contributed by atoms with Crippen LogP contribution in [0, 0.1) is 5.41 Å². The number of hydrogen-bond acceptors (Lipinski definition) is 6. The third-order valence-corrected chi connectivity index (χ3v) is 5.81. The monoisotopic (exact) mass is 388 g/mol. The van der Waals surface area contributed by atoms with E-state index >= 15 is 0 Å². The number of aromatic nitrogens is 2. The molecule has 1 atom stereocenters. The fourth-order valence-electron chi connectivity index (χ4n) is 4.19. The Kier molecular flexibility index (Phi) is 4.77. The van der Waals surface area contributed by atoms with Crippen molar-refractivity contribution >= 4 is 17.8 Å². The van der Waals surface area contributed by atoms with Crippen LogP contribution >= 0.6 is 0 Å². The fraction of sp³-hybridized carbons (Fsp3) is 0.700. The molecule has 1 aromatic heterocycles. The summed E-state index contributed by atoms with van der Waals surface area (Å²) in [5, 5.41) is 0. The van der Waals surface area contributed by atoms with Crippen LogP contribution in [0.3, 0.4) is 0 Å². The summed E-state index contributed by atoms with van der Waals surface area (Å²) in [5.74, 6) is 0.620. The second-order valence-corrected chi connectivity index (χ2v) is 8.96. The zero-order valence-corrected chi connectivity index (χ0v) is 16.8. The lowest BCUT2D eigenvalue weighted by molar-refractivity contribution is -0.140. The first kappa shape index (κ1) is 19.1. The SMILES string of the molecule is CC(C)(C)C(=O)N1CCC[C@@H]1c1cnc(N2CC3(CCOCC3)OC2=O)cn1. The first-order valence-corrected chi connectivity index (χ1v) is 10.0. The molecule has 3 saturated heterocycles. The van der Waals surface area contributed by atoms with Crippen LogP contribution < -0.4 is 4.90 Å². The maximum Gasteiger partial charge on any atom is 0.416 e. The summed E-state index contributed by atoms with van der Waals surface area (Å²) in [7, 11) is 0. The predicted octanol–water partition coefficient (Wildman–Crippen LogP) is 2.69. The third-order valence-electron chi connectivity index (χ3n) is 5.81. The lowest BCUT2D eigenvalue weighted by Gasteiger charge is -2.31. The van der Waals surface area contributed by atoms with E-state index in [1.54, 1.807) is 17.3 Å². The van der Waals surface area contributed by atoms with Gasteiger partial charge < -0.3 is 14.4 Å². The summed E-state index contributed by atoms with van der Waals surface area (Å²) in [6.07, 6.45) is 6.17. The van der Waals surface area contributed by atoms with Crippen molar-refractivity contribution in [2.24, 2.45) is 5.41 Å². The molecule has 28 heavy (non-hydrogen) atoms. The van der Waals surface area contributed by atoms with E-state index in [-0.39, 0.29) is 18.0 Å². The number of nitrogens with zero attached hydrogens (tertiary/aromatic N) is 4. The van der Waals surface area contributed by atoms with Crippen LogP contribution in [0.5, 0.6) is 0 Å². The van der Waals surface area contributed by atoms with Gasteiger partial charge in [0.1, 0.15) is 5.60 Å². The first-order chi connectivity index (χ1) is 13.3. The minimum Gasteiger partial charge on any atom is -0.440 e.